The molecule has 0 heterocycles. The zero-order chi connectivity index (χ0) is 6.24. The van der Waals surface area contributed by atoms with Crippen LogP contribution < -0.4 is 0 Å². The second kappa shape index (κ2) is 16.2. The van der Waals surface area contributed by atoms with E-state index in [-0.39, 0.29) is 28.9 Å². The van der Waals surface area contributed by atoms with Crippen LogP contribution in [-0.2, 0) is 16.5 Å². The summed E-state index contributed by atoms with van der Waals surface area (Å²) in [6.07, 6.45) is 9.50. The van der Waals surface area contributed by atoms with Crippen LogP contribution in [0.4, 0.5) is 0 Å². The molecule has 10 heavy (non-hydrogen) atoms. The quantitative estimate of drug-likeness (QED) is 0.421. The summed E-state index contributed by atoms with van der Waals surface area (Å²) in [6.45, 7) is 6.50. The van der Waals surface area contributed by atoms with Crippen LogP contribution in [0.2, 0.25) is 0 Å². The van der Waals surface area contributed by atoms with Gasteiger partial charge in [-0.25, -0.2) is 19.6 Å². The standard InChI is InChI=1S/C5H9.C3H5.ClH.Ni/c1-2-4-5-3-1;1-3-2;;/h1H,2-5H2;3H,1-2H2;1H;/q2*-1;;+2. The average Bonchev–Trinajstić information content (AvgIpc) is 2.17. The number of hydrogen-bond donors (Lipinski definition) is 0. The van der Waals surface area contributed by atoms with Crippen molar-refractivity contribution >= 4 is 12.4 Å². The molecule has 0 aromatic heterocycles. The van der Waals surface area contributed by atoms with Gasteiger partial charge in [0.1, 0.15) is 0 Å². The van der Waals surface area contributed by atoms with Crippen LogP contribution in [0.15, 0.2) is 12.7 Å². The molecule has 1 fully saturated rings. The van der Waals surface area contributed by atoms with Gasteiger partial charge in [-0.05, 0) is 0 Å². The molecule has 0 bridgehead atoms. The number of halogens is 1. The first-order valence-corrected chi connectivity index (χ1v) is 3.13. The van der Waals surface area contributed by atoms with Crippen LogP contribution in [0, 0.1) is 13.3 Å². The third-order valence-electron chi connectivity index (χ3n) is 1.07. The Morgan fingerprint density at radius 3 is 1.70 bits per heavy atom. The normalized spacial score (nSPS) is 13.2. The Kier molecular flexibility index (Phi) is 27.2. The van der Waals surface area contributed by atoms with E-state index in [1.807, 2.05) is 0 Å². The maximum atomic E-state index is 3.25. The molecule has 0 amide bonds. The van der Waals surface area contributed by atoms with Crippen LogP contribution in [-0.4, -0.2) is 0 Å². The first-order chi connectivity index (χ1) is 3.91. The van der Waals surface area contributed by atoms with Crippen molar-refractivity contribution in [2.24, 2.45) is 0 Å². The fourth-order valence-corrected chi connectivity index (χ4v) is 0.722. The first kappa shape index (κ1) is 16.8. The van der Waals surface area contributed by atoms with Gasteiger partial charge < -0.3 is 6.42 Å². The smallest absolute Gasteiger partial charge is 0.328 e. The van der Waals surface area contributed by atoms with Gasteiger partial charge in [-0.2, -0.15) is 12.8 Å². The fraction of sp³-hybridized carbons (Fsp3) is 0.500. The molecule has 0 radical (unpaired) electrons. The van der Waals surface area contributed by atoms with Crippen molar-refractivity contribution in [1.29, 1.82) is 0 Å². The van der Waals surface area contributed by atoms with Crippen LogP contribution in [0.25, 0.3) is 0 Å². The summed E-state index contributed by atoms with van der Waals surface area (Å²) < 4.78 is 0. The second-order valence-corrected chi connectivity index (χ2v) is 1.86. The number of allylic oxidation sites excluding steroid dienone is 1. The van der Waals surface area contributed by atoms with Crippen molar-refractivity contribution in [2.75, 3.05) is 0 Å². The van der Waals surface area contributed by atoms with Crippen LogP contribution in [0.3, 0.4) is 0 Å². The van der Waals surface area contributed by atoms with E-state index in [1.54, 1.807) is 0 Å². The number of rotatable bonds is 0. The summed E-state index contributed by atoms with van der Waals surface area (Å²) >= 11 is 0. The summed E-state index contributed by atoms with van der Waals surface area (Å²) in [6, 6.07) is 0. The van der Waals surface area contributed by atoms with Crippen molar-refractivity contribution < 1.29 is 16.5 Å². The molecule has 0 atom stereocenters. The largest absolute Gasteiger partial charge is 2.00 e. The molecule has 1 aliphatic rings. The summed E-state index contributed by atoms with van der Waals surface area (Å²) in [5, 5.41) is 0. The number of hydrogen-bond acceptors (Lipinski definition) is 0. The Labute approximate surface area is 80.8 Å². The van der Waals surface area contributed by atoms with Gasteiger partial charge in [-0.15, -0.1) is 12.4 Å². The van der Waals surface area contributed by atoms with Gasteiger partial charge in [-0.1, -0.05) is 12.8 Å². The first-order valence-electron chi connectivity index (χ1n) is 3.13. The summed E-state index contributed by atoms with van der Waals surface area (Å²) in [7, 11) is 0. The van der Waals surface area contributed by atoms with E-state index in [9.17, 15) is 0 Å². The van der Waals surface area contributed by atoms with E-state index in [2.05, 4.69) is 19.9 Å². The molecule has 0 N–H and O–H groups in total. The topological polar surface area (TPSA) is 0 Å². The van der Waals surface area contributed by atoms with Gasteiger partial charge in [0.15, 0.2) is 0 Å². The molecular weight excluding hydrogens is 190 g/mol. The SMILES string of the molecule is C=C[CH2-].Cl.[CH-]1CCCC1.[Ni+2]. The summed E-state index contributed by atoms with van der Waals surface area (Å²) in [4.78, 5) is 0. The molecule has 0 saturated heterocycles. The predicted octanol–water partition coefficient (Wildman–Crippen LogP) is 3.19. The van der Waals surface area contributed by atoms with Crippen molar-refractivity contribution in [3.8, 4) is 0 Å². The predicted molar refractivity (Wildman–Crippen MR) is 45.6 cm³/mol. The molecule has 1 saturated carbocycles. The fourth-order valence-electron chi connectivity index (χ4n) is 0.722. The molecule has 0 nitrogen and oxygen atoms in total. The van der Waals surface area contributed by atoms with E-state index in [0.29, 0.717) is 0 Å². The minimum Gasteiger partial charge on any atom is -0.328 e. The van der Waals surface area contributed by atoms with E-state index in [1.165, 1.54) is 31.8 Å². The van der Waals surface area contributed by atoms with Crippen molar-refractivity contribution in [3.63, 3.8) is 0 Å². The Morgan fingerprint density at radius 2 is 1.60 bits per heavy atom. The van der Waals surface area contributed by atoms with Gasteiger partial charge in [-0.3, -0.25) is 0 Å². The molecule has 64 valence electrons. The third-order valence-corrected chi connectivity index (χ3v) is 1.07. The van der Waals surface area contributed by atoms with Crippen LogP contribution in [0.5, 0.6) is 0 Å². The van der Waals surface area contributed by atoms with E-state index in [0.717, 1.165) is 0 Å². The Bertz CT molecular complexity index is 43.6. The van der Waals surface area contributed by atoms with Gasteiger partial charge in [0, 0.05) is 0 Å². The van der Waals surface area contributed by atoms with Gasteiger partial charge in [0.2, 0.25) is 0 Å². The molecule has 1 aliphatic carbocycles. The zero-order valence-corrected chi connectivity index (χ0v) is 7.93. The Morgan fingerprint density at radius 1 is 1.30 bits per heavy atom. The summed E-state index contributed by atoms with van der Waals surface area (Å²) in [5.41, 5.74) is 0. The van der Waals surface area contributed by atoms with E-state index < -0.39 is 0 Å². The molecule has 0 unspecified atom stereocenters. The molecule has 0 spiro atoms. The van der Waals surface area contributed by atoms with Gasteiger partial charge >= 0.3 is 16.5 Å². The third kappa shape index (κ3) is 15.8. The maximum Gasteiger partial charge on any atom is 2.00 e. The minimum absolute atomic E-state index is 0. The Balaban J connectivity index is -0.0000000900. The van der Waals surface area contributed by atoms with Crippen molar-refractivity contribution in [1.82, 2.24) is 0 Å². The van der Waals surface area contributed by atoms with Crippen LogP contribution in [0.1, 0.15) is 25.7 Å². The van der Waals surface area contributed by atoms with Crippen molar-refractivity contribution in [2.45, 2.75) is 25.7 Å². The summed E-state index contributed by atoms with van der Waals surface area (Å²) in [5.74, 6) is 0. The molecular formula is C8H15ClNi. The molecule has 2 heteroatoms. The molecule has 0 aromatic rings. The van der Waals surface area contributed by atoms with Gasteiger partial charge in [0.25, 0.3) is 0 Å². The minimum atomic E-state index is 0. The maximum absolute atomic E-state index is 3.25. The molecule has 0 aromatic carbocycles. The Hall–Kier alpha value is 0.394. The van der Waals surface area contributed by atoms with E-state index >= 15 is 0 Å². The average molecular weight is 205 g/mol. The zero-order valence-electron chi connectivity index (χ0n) is 6.12. The van der Waals surface area contributed by atoms with Crippen molar-refractivity contribution in [3.05, 3.63) is 26.0 Å². The van der Waals surface area contributed by atoms with Gasteiger partial charge in [0.05, 0.1) is 0 Å². The molecule has 1 rings (SSSR count). The second-order valence-electron chi connectivity index (χ2n) is 1.86. The molecule has 0 aliphatic heterocycles. The van der Waals surface area contributed by atoms with E-state index in [4.69, 9.17) is 0 Å². The monoisotopic (exact) mass is 204 g/mol. The van der Waals surface area contributed by atoms with Crippen LogP contribution >= 0.6 is 12.4 Å².